The number of esters is 1. The van der Waals surface area contributed by atoms with Crippen molar-refractivity contribution in [2.45, 2.75) is 32.6 Å². The number of carbonyl (C=O) groups is 2. The molecule has 0 aliphatic heterocycles. The molecule has 4 aromatic rings. The Balaban J connectivity index is 1.21. The Labute approximate surface area is 253 Å². The Kier molecular flexibility index (Phi) is 10.7. The molecule has 214 valence electrons. The van der Waals surface area contributed by atoms with Crippen molar-refractivity contribution in [3.8, 4) is 23.0 Å². The molecule has 0 aliphatic carbocycles. The predicted octanol–water partition coefficient (Wildman–Crippen LogP) is 8.56. The Morgan fingerprint density at radius 3 is 2.27 bits per heavy atom. The van der Waals surface area contributed by atoms with Crippen LogP contribution in [0.1, 0.15) is 42.1 Å². The van der Waals surface area contributed by atoms with Crippen molar-refractivity contribution in [1.82, 2.24) is 4.98 Å². The third-order valence-corrected chi connectivity index (χ3v) is 6.97. The minimum absolute atomic E-state index is 0.0379. The SMILES string of the molecule is COC(=O)CCc1cc(Cl)c(OCC/C=C/CCOc2ccc(-c3nc4ccc(C(C)=O)cc4o3)cc2Cl)c(Cl)c1. The quantitative estimate of drug-likeness (QED) is 0.0643. The van der Waals surface area contributed by atoms with Crippen molar-refractivity contribution < 1.29 is 28.2 Å². The van der Waals surface area contributed by atoms with Crippen LogP contribution in [0.2, 0.25) is 15.1 Å². The van der Waals surface area contributed by atoms with Gasteiger partial charge in [-0.2, -0.15) is 0 Å². The third-order valence-electron chi connectivity index (χ3n) is 6.12. The van der Waals surface area contributed by atoms with Crippen LogP contribution < -0.4 is 9.47 Å². The standard InChI is InChI=1S/C31H28Cl3NO6/c1-19(36)21-8-10-26-28(18-21)41-31(35-26)22-9-11-27(23(32)17-22)39-13-5-3-4-6-14-40-30-24(33)15-20(16-25(30)34)7-12-29(37)38-2/h3-4,8-11,15-18H,5-7,12-14H2,1-2H3/b4-3+. The van der Waals surface area contributed by atoms with Gasteiger partial charge in [0.05, 0.1) is 35.4 Å². The van der Waals surface area contributed by atoms with Gasteiger partial charge in [0.1, 0.15) is 11.3 Å². The number of oxazole rings is 1. The van der Waals surface area contributed by atoms with E-state index in [0.717, 1.165) is 5.56 Å². The average molecular weight is 617 g/mol. The second-order valence-corrected chi connectivity index (χ2v) is 10.3. The van der Waals surface area contributed by atoms with Crippen molar-refractivity contribution >= 4 is 57.7 Å². The number of aromatic nitrogens is 1. The van der Waals surface area contributed by atoms with Gasteiger partial charge in [0, 0.05) is 17.5 Å². The molecule has 0 bridgehead atoms. The van der Waals surface area contributed by atoms with E-state index in [9.17, 15) is 9.59 Å². The number of methoxy groups -OCH3 is 1. The Morgan fingerprint density at radius 2 is 1.61 bits per heavy atom. The van der Waals surface area contributed by atoms with Gasteiger partial charge in [-0.25, -0.2) is 4.98 Å². The number of rotatable bonds is 13. The number of carbonyl (C=O) groups excluding carboxylic acids is 2. The van der Waals surface area contributed by atoms with Crippen LogP contribution in [0.15, 0.2) is 65.1 Å². The summed E-state index contributed by atoms with van der Waals surface area (Å²) in [4.78, 5) is 27.5. The van der Waals surface area contributed by atoms with Crippen LogP contribution in [0.4, 0.5) is 0 Å². The first-order valence-corrected chi connectivity index (χ1v) is 14.1. The van der Waals surface area contributed by atoms with Crippen LogP contribution in [0.3, 0.4) is 0 Å². The van der Waals surface area contributed by atoms with E-state index in [0.29, 0.717) is 87.2 Å². The number of ether oxygens (including phenoxy) is 3. The van der Waals surface area contributed by atoms with E-state index in [1.165, 1.54) is 14.0 Å². The molecule has 0 saturated heterocycles. The lowest BCUT2D eigenvalue weighted by Gasteiger charge is -2.11. The normalized spacial score (nSPS) is 11.2. The van der Waals surface area contributed by atoms with Crippen LogP contribution in [0, 0.1) is 0 Å². The molecule has 41 heavy (non-hydrogen) atoms. The zero-order chi connectivity index (χ0) is 29.4. The summed E-state index contributed by atoms with van der Waals surface area (Å²) in [6, 6.07) is 14.0. The maximum atomic E-state index is 11.6. The maximum absolute atomic E-state index is 11.6. The number of fused-ring (bicyclic) bond motifs is 1. The van der Waals surface area contributed by atoms with Gasteiger partial charge < -0.3 is 18.6 Å². The van der Waals surface area contributed by atoms with Crippen molar-refractivity contribution in [2.75, 3.05) is 20.3 Å². The first-order valence-electron chi connectivity index (χ1n) is 12.9. The van der Waals surface area contributed by atoms with E-state index in [1.54, 1.807) is 42.5 Å². The van der Waals surface area contributed by atoms with E-state index in [-0.39, 0.29) is 18.2 Å². The van der Waals surface area contributed by atoms with Gasteiger partial charge in [-0.05, 0) is 80.3 Å². The van der Waals surface area contributed by atoms with Gasteiger partial charge in [-0.3, -0.25) is 9.59 Å². The first kappa shape index (κ1) is 30.4. The van der Waals surface area contributed by atoms with E-state index < -0.39 is 0 Å². The molecule has 7 nitrogen and oxygen atoms in total. The van der Waals surface area contributed by atoms with Crippen molar-refractivity contribution in [3.63, 3.8) is 0 Å². The fraction of sp³-hybridized carbons (Fsp3) is 0.258. The van der Waals surface area contributed by atoms with Crippen LogP contribution in [-0.2, 0) is 16.0 Å². The molecule has 0 saturated carbocycles. The molecule has 0 aliphatic rings. The summed E-state index contributed by atoms with van der Waals surface area (Å²) in [6.07, 6.45) is 6.06. The molecule has 1 aromatic heterocycles. The minimum Gasteiger partial charge on any atom is -0.492 e. The van der Waals surface area contributed by atoms with Crippen LogP contribution in [-0.4, -0.2) is 37.1 Å². The number of hydrogen-bond donors (Lipinski definition) is 0. The highest BCUT2D eigenvalue weighted by Crippen LogP contribution is 2.35. The highest BCUT2D eigenvalue weighted by atomic mass is 35.5. The second-order valence-electron chi connectivity index (χ2n) is 9.11. The number of Topliss-reactive ketones (excluding diaryl/α,β-unsaturated/α-hetero) is 1. The predicted molar refractivity (Wildman–Crippen MR) is 161 cm³/mol. The lowest BCUT2D eigenvalue weighted by molar-refractivity contribution is -0.140. The molecule has 0 atom stereocenters. The zero-order valence-electron chi connectivity index (χ0n) is 22.5. The molecule has 4 rings (SSSR count). The minimum atomic E-state index is -0.293. The Bertz CT molecular complexity index is 1560. The zero-order valence-corrected chi connectivity index (χ0v) is 24.8. The first-order chi connectivity index (χ1) is 19.7. The van der Waals surface area contributed by atoms with Crippen LogP contribution in [0.25, 0.3) is 22.6 Å². The monoisotopic (exact) mass is 615 g/mol. The molecule has 0 unspecified atom stereocenters. The van der Waals surface area contributed by atoms with Crippen LogP contribution >= 0.6 is 34.8 Å². The molecule has 10 heteroatoms. The summed E-state index contributed by atoms with van der Waals surface area (Å²) in [7, 11) is 1.35. The summed E-state index contributed by atoms with van der Waals surface area (Å²) in [5.74, 6) is 1.06. The maximum Gasteiger partial charge on any atom is 0.305 e. The number of aryl methyl sites for hydroxylation is 1. The van der Waals surface area contributed by atoms with Crippen molar-refractivity contribution in [3.05, 3.63) is 86.9 Å². The molecular formula is C31H28Cl3NO6. The summed E-state index contributed by atoms with van der Waals surface area (Å²) < 4.78 is 22.1. The molecule has 0 amide bonds. The van der Waals surface area contributed by atoms with Gasteiger partial charge in [-0.15, -0.1) is 0 Å². The number of halogens is 3. The van der Waals surface area contributed by atoms with E-state index in [2.05, 4.69) is 9.72 Å². The molecule has 0 radical (unpaired) electrons. The van der Waals surface area contributed by atoms with Crippen molar-refractivity contribution in [1.29, 1.82) is 0 Å². The van der Waals surface area contributed by atoms with Gasteiger partial charge in [-0.1, -0.05) is 47.0 Å². The number of hydrogen-bond acceptors (Lipinski definition) is 7. The second kappa shape index (κ2) is 14.4. The number of nitrogens with zero attached hydrogens (tertiary/aromatic N) is 1. The summed E-state index contributed by atoms with van der Waals surface area (Å²) in [5, 5.41) is 1.24. The largest absolute Gasteiger partial charge is 0.492 e. The molecule has 0 fully saturated rings. The lowest BCUT2D eigenvalue weighted by Crippen LogP contribution is -2.02. The van der Waals surface area contributed by atoms with Gasteiger partial charge in [0.15, 0.2) is 17.1 Å². The molecule has 0 spiro atoms. The topological polar surface area (TPSA) is 87.9 Å². The van der Waals surface area contributed by atoms with Gasteiger partial charge >= 0.3 is 5.97 Å². The number of ketones is 1. The Morgan fingerprint density at radius 1 is 0.902 bits per heavy atom. The Hall–Kier alpha value is -3.52. The smallest absolute Gasteiger partial charge is 0.305 e. The molecule has 0 N–H and O–H groups in total. The third kappa shape index (κ3) is 8.26. The van der Waals surface area contributed by atoms with E-state index in [4.69, 9.17) is 48.7 Å². The molecule has 3 aromatic carbocycles. The fourth-order valence-electron chi connectivity index (χ4n) is 3.96. The average Bonchev–Trinajstić information content (AvgIpc) is 3.38. The van der Waals surface area contributed by atoms with Gasteiger partial charge in [0.25, 0.3) is 0 Å². The number of benzene rings is 3. The van der Waals surface area contributed by atoms with E-state index >= 15 is 0 Å². The summed E-state index contributed by atoms with van der Waals surface area (Å²) in [5.41, 5.74) is 3.31. The highest BCUT2D eigenvalue weighted by Gasteiger charge is 2.13. The summed E-state index contributed by atoms with van der Waals surface area (Å²) >= 11 is 19.1. The highest BCUT2D eigenvalue weighted by molar-refractivity contribution is 6.37. The summed E-state index contributed by atoms with van der Waals surface area (Å²) in [6.45, 7) is 2.35. The van der Waals surface area contributed by atoms with E-state index in [1.807, 2.05) is 18.2 Å². The fourth-order valence-corrected chi connectivity index (χ4v) is 4.84. The lowest BCUT2D eigenvalue weighted by atomic mass is 10.1. The van der Waals surface area contributed by atoms with Crippen molar-refractivity contribution in [2.24, 2.45) is 0 Å². The van der Waals surface area contributed by atoms with Gasteiger partial charge in [0.2, 0.25) is 5.89 Å². The molecule has 1 heterocycles. The van der Waals surface area contributed by atoms with Crippen LogP contribution in [0.5, 0.6) is 11.5 Å². The molecular weight excluding hydrogens is 589 g/mol.